The molecule has 82 valence electrons. The van der Waals surface area contributed by atoms with Gasteiger partial charge in [-0.1, -0.05) is 18.2 Å². The monoisotopic (exact) mass is 218 g/mol. The van der Waals surface area contributed by atoms with Gasteiger partial charge in [0.25, 0.3) is 0 Å². The molecule has 0 aromatic heterocycles. The summed E-state index contributed by atoms with van der Waals surface area (Å²) in [6, 6.07) is 8.50. The first-order valence-corrected chi connectivity index (χ1v) is 4.63. The summed E-state index contributed by atoms with van der Waals surface area (Å²) < 4.78 is 0. The highest BCUT2D eigenvalue weighted by molar-refractivity contribution is 5.81. The van der Waals surface area contributed by atoms with Gasteiger partial charge in [0, 0.05) is 17.7 Å². The number of aromatic hydroxyl groups is 4. The lowest BCUT2D eigenvalue weighted by Gasteiger charge is -2.09. The third-order valence-corrected chi connectivity index (χ3v) is 2.25. The molecule has 0 unspecified atom stereocenters. The minimum Gasteiger partial charge on any atom is -0.508 e. The molecule has 0 bridgehead atoms. The molecule has 2 aromatic rings. The number of benzene rings is 2. The van der Waals surface area contributed by atoms with Crippen LogP contribution in [0.25, 0.3) is 11.1 Å². The summed E-state index contributed by atoms with van der Waals surface area (Å²) in [6.45, 7) is 0. The molecule has 0 spiro atoms. The fourth-order valence-electron chi connectivity index (χ4n) is 1.56. The summed E-state index contributed by atoms with van der Waals surface area (Å²) in [5.74, 6) is -0.883. The lowest BCUT2D eigenvalue weighted by atomic mass is 10.0. The molecule has 0 aliphatic carbocycles. The van der Waals surface area contributed by atoms with Gasteiger partial charge in [-0.3, -0.25) is 0 Å². The predicted molar refractivity (Wildman–Crippen MR) is 58.5 cm³/mol. The molecule has 4 nitrogen and oxygen atoms in total. The second-order valence-electron chi connectivity index (χ2n) is 3.38. The standard InChI is InChI=1S/C12H10O4/c13-7-5-10(15)12(11(16)6-7)8-3-1-2-4-9(8)14/h1-6,13-16H. The first kappa shape index (κ1) is 10.2. The topological polar surface area (TPSA) is 80.9 Å². The maximum atomic E-state index is 9.62. The van der Waals surface area contributed by atoms with Crippen LogP contribution in [0.1, 0.15) is 0 Å². The van der Waals surface area contributed by atoms with E-state index in [2.05, 4.69) is 0 Å². The fourth-order valence-corrected chi connectivity index (χ4v) is 1.56. The lowest BCUT2D eigenvalue weighted by molar-refractivity contribution is 0.429. The van der Waals surface area contributed by atoms with Crippen molar-refractivity contribution in [2.75, 3.05) is 0 Å². The van der Waals surface area contributed by atoms with Crippen molar-refractivity contribution >= 4 is 0 Å². The summed E-state index contributed by atoms with van der Waals surface area (Å²) in [5, 5.41) is 38.0. The van der Waals surface area contributed by atoms with Gasteiger partial charge in [-0.2, -0.15) is 0 Å². The van der Waals surface area contributed by atoms with Crippen LogP contribution in [-0.4, -0.2) is 20.4 Å². The van der Waals surface area contributed by atoms with Crippen LogP contribution >= 0.6 is 0 Å². The van der Waals surface area contributed by atoms with Crippen molar-refractivity contribution in [3.8, 4) is 34.1 Å². The zero-order chi connectivity index (χ0) is 11.7. The molecule has 0 aliphatic rings. The van der Waals surface area contributed by atoms with E-state index in [4.69, 9.17) is 5.11 Å². The van der Waals surface area contributed by atoms with E-state index in [1.165, 1.54) is 6.07 Å². The third kappa shape index (κ3) is 1.61. The summed E-state index contributed by atoms with van der Waals surface area (Å²) in [6.07, 6.45) is 0. The molecule has 2 aromatic carbocycles. The molecular weight excluding hydrogens is 208 g/mol. The van der Waals surface area contributed by atoms with Gasteiger partial charge in [-0.25, -0.2) is 0 Å². The Bertz CT molecular complexity index is 511. The van der Waals surface area contributed by atoms with E-state index in [-0.39, 0.29) is 28.6 Å². The molecule has 2 rings (SSSR count). The zero-order valence-electron chi connectivity index (χ0n) is 8.25. The molecule has 16 heavy (non-hydrogen) atoms. The molecule has 0 atom stereocenters. The fraction of sp³-hybridized carbons (Fsp3) is 0. The Morgan fingerprint density at radius 1 is 0.688 bits per heavy atom. The maximum Gasteiger partial charge on any atom is 0.130 e. The summed E-state index contributed by atoms with van der Waals surface area (Å²) in [7, 11) is 0. The number of phenolic OH excluding ortho intramolecular Hbond substituents is 4. The number of rotatable bonds is 1. The first-order chi connectivity index (χ1) is 7.59. The normalized spacial score (nSPS) is 10.2. The summed E-state index contributed by atoms with van der Waals surface area (Å²) >= 11 is 0. The molecule has 0 fully saturated rings. The van der Waals surface area contributed by atoms with Crippen LogP contribution in [0.5, 0.6) is 23.0 Å². The highest BCUT2D eigenvalue weighted by atomic mass is 16.3. The van der Waals surface area contributed by atoms with Crippen LogP contribution < -0.4 is 0 Å². The summed E-state index contributed by atoms with van der Waals surface area (Å²) in [5.41, 5.74) is 0.397. The predicted octanol–water partition coefficient (Wildman–Crippen LogP) is 2.18. The second-order valence-corrected chi connectivity index (χ2v) is 3.38. The highest BCUT2D eigenvalue weighted by Crippen LogP contribution is 2.43. The molecule has 0 saturated heterocycles. The van der Waals surface area contributed by atoms with Crippen LogP contribution in [0.15, 0.2) is 36.4 Å². The Kier molecular flexibility index (Phi) is 2.32. The molecule has 4 N–H and O–H groups in total. The minimum absolute atomic E-state index is 0.0567. The number of hydrogen-bond acceptors (Lipinski definition) is 4. The van der Waals surface area contributed by atoms with Crippen molar-refractivity contribution in [1.29, 1.82) is 0 Å². The van der Waals surface area contributed by atoms with Crippen molar-refractivity contribution in [1.82, 2.24) is 0 Å². The van der Waals surface area contributed by atoms with Gasteiger partial charge in [0.2, 0.25) is 0 Å². The van der Waals surface area contributed by atoms with Crippen LogP contribution in [0.2, 0.25) is 0 Å². The van der Waals surface area contributed by atoms with Gasteiger partial charge in [0.15, 0.2) is 0 Å². The molecular formula is C12H10O4. The minimum atomic E-state index is -0.293. The van der Waals surface area contributed by atoms with Gasteiger partial charge < -0.3 is 20.4 Å². The highest BCUT2D eigenvalue weighted by Gasteiger charge is 2.14. The van der Waals surface area contributed by atoms with Crippen LogP contribution in [0, 0.1) is 0 Å². The van der Waals surface area contributed by atoms with Crippen LogP contribution in [0.4, 0.5) is 0 Å². The molecule has 0 radical (unpaired) electrons. The van der Waals surface area contributed by atoms with Crippen LogP contribution in [0.3, 0.4) is 0 Å². The average Bonchev–Trinajstić information content (AvgIpc) is 2.19. The van der Waals surface area contributed by atoms with E-state index in [1.807, 2.05) is 0 Å². The first-order valence-electron chi connectivity index (χ1n) is 4.63. The van der Waals surface area contributed by atoms with Gasteiger partial charge >= 0.3 is 0 Å². The van der Waals surface area contributed by atoms with Crippen molar-refractivity contribution in [2.24, 2.45) is 0 Å². The molecule has 0 amide bonds. The van der Waals surface area contributed by atoms with Crippen molar-refractivity contribution in [3.63, 3.8) is 0 Å². The van der Waals surface area contributed by atoms with Gasteiger partial charge in [-0.15, -0.1) is 0 Å². The van der Waals surface area contributed by atoms with Gasteiger partial charge in [0.05, 0.1) is 5.56 Å². The average molecular weight is 218 g/mol. The quantitative estimate of drug-likeness (QED) is 0.591. The smallest absolute Gasteiger partial charge is 0.130 e. The Hall–Kier alpha value is -2.36. The van der Waals surface area contributed by atoms with Crippen molar-refractivity contribution < 1.29 is 20.4 Å². The van der Waals surface area contributed by atoms with E-state index in [0.29, 0.717) is 5.56 Å². The zero-order valence-corrected chi connectivity index (χ0v) is 8.25. The third-order valence-electron chi connectivity index (χ3n) is 2.25. The van der Waals surface area contributed by atoms with Crippen molar-refractivity contribution in [2.45, 2.75) is 0 Å². The van der Waals surface area contributed by atoms with Gasteiger partial charge in [0.1, 0.15) is 23.0 Å². The molecule has 0 heterocycles. The van der Waals surface area contributed by atoms with E-state index >= 15 is 0 Å². The Morgan fingerprint density at radius 3 is 1.81 bits per heavy atom. The lowest BCUT2D eigenvalue weighted by Crippen LogP contribution is -1.82. The summed E-state index contributed by atoms with van der Waals surface area (Å²) in [4.78, 5) is 0. The number of phenols is 4. The molecule has 0 aliphatic heterocycles. The van der Waals surface area contributed by atoms with Gasteiger partial charge in [-0.05, 0) is 6.07 Å². The van der Waals surface area contributed by atoms with E-state index in [1.54, 1.807) is 18.2 Å². The molecule has 4 heteroatoms. The molecule has 0 saturated carbocycles. The Labute approximate surface area is 91.7 Å². The largest absolute Gasteiger partial charge is 0.508 e. The number of para-hydroxylation sites is 1. The van der Waals surface area contributed by atoms with Crippen molar-refractivity contribution in [3.05, 3.63) is 36.4 Å². The maximum absolute atomic E-state index is 9.62. The number of hydrogen-bond donors (Lipinski definition) is 4. The Balaban J connectivity index is 2.70. The van der Waals surface area contributed by atoms with E-state index in [9.17, 15) is 15.3 Å². The van der Waals surface area contributed by atoms with E-state index < -0.39 is 0 Å². The SMILES string of the molecule is Oc1cc(O)c(-c2ccccc2O)c(O)c1. The van der Waals surface area contributed by atoms with Crippen LogP contribution in [-0.2, 0) is 0 Å². The second kappa shape index (κ2) is 3.66. The van der Waals surface area contributed by atoms with E-state index in [0.717, 1.165) is 12.1 Å². The Morgan fingerprint density at radius 2 is 1.25 bits per heavy atom.